The zero-order chi connectivity index (χ0) is 19.8. The normalized spacial score (nSPS) is 18.8. The summed E-state index contributed by atoms with van der Waals surface area (Å²) in [5.41, 5.74) is 1.76. The number of nitriles is 1. The van der Waals surface area contributed by atoms with Crippen LogP contribution in [0.25, 0.3) is 0 Å². The number of para-hydroxylation sites is 1. The van der Waals surface area contributed by atoms with E-state index in [1.54, 1.807) is 4.90 Å². The van der Waals surface area contributed by atoms with Crippen molar-refractivity contribution >= 4 is 11.7 Å². The van der Waals surface area contributed by atoms with E-state index in [0.717, 1.165) is 50.1 Å². The van der Waals surface area contributed by atoms with E-state index in [0.29, 0.717) is 31.6 Å². The van der Waals surface area contributed by atoms with Crippen LogP contribution >= 0.6 is 0 Å². The number of carbonyl (C=O) groups is 1. The maximum atomic E-state index is 12.3. The van der Waals surface area contributed by atoms with Gasteiger partial charge in [0.2, 0.25) is 0 Å². The van der Waals surface area contributed by atoms with Crippen LogP contribution < -0.4 is 15.5 Å². The van der Waals surface area contributed by atoms with E-state index in [4.69, 9.17) is 4.74 Å². The van der Waals surface area contributed by atoms with Crippen LogP contribution in [0.15, 0.2) is 36.2 Å². The number of allylic oxidation sites excluding steroid dienone is 1. The molecule has 0 saturated carbocycles. The molecular formula is C21H29N5O2. The van der Waals surface area contributed by atoms with Gasteiger partial charge in [-0.1, -0.05) is 19.1 Å². The van der Waals surface area contributed by atoms with Crippen LogP contribution in [-0.4, -0.2) is 56.3 Å². The highest BCUT2D eigenvalue weighted by Crippen LogP contribution is 2.23. The molecule has 7 heteroatoms. The molecule has 0 unspecified atom stereocenters. The molecule has 2 aliphatic rings. The maximum Gasteiger partial charge on any atom is 0.324 e. The van der Waals surface area contributed by atoms with Gasteiger partial charge in [0.05, 0.1) is 17.8 Å². The van der Waals surface area contributed by atoms with Gasteiger partial charge in [-0.3, -0.25) is 4.90 Å². The zero-order valence-corrected chi connectivity index (χ0v) is 16.5. The summed E-state index contributed by atoms with van der Waals surface area (Å²) in [7, 11) is 0. The predicted octanol–water partition coefficient (Wildman–Crippen LogP) is 2.41. The van der Waals surface area contributed by atoms with Crippen molar-refractivity contribution in [1.82, 2.24) is 15.5 Å². The molecule has 0 aromatic heterocycles. The van der Waals surface area contributed by atoms with Gasteiger partial charge in [-0.2, -0.15) is 5.26 Å². The Balaban J connectivity index is 1.36. The van der Waals surface area contributed by atoms with Gasteiger partial charge < -0.3 is 20.3 Å². The lowest BCUT2D eigenvalue weighted by atomic mass is 10.0. The topological polar surface area (TPSA) is 80.6 Å². The molecule has 0 bridgehead atoms. The highest BCUT2D eigenvalue weighted by Gasteiger charge is 2.24. The van der Waals surface area contributed by atoms with Crippen LogP contribution in [0, 0.1) is 11.3 Å². The average Bonchev–Trinajstić information content (AvgIpc) is 3.20. The lowest BCUT2D eigenvalue weighted by Crippen LogP contribution is -2.46. The standard InChI is InChI=1S/C21H29N5O2/c1-2-5-20-26(14-15-28-20)21(27)24-11-10-23-18-8-12-25(13-9-18)19-7-4-3-6-17(19)16-22/h3-7,18,23H,2,8-15H2,1H3,(H,24,27)/b20-5+. The van der Waals surface area contributed by atoms with Gasteiger partial charge in [0.25, 0.3) is 0 Å². The second-order valence-electron chi connectivity index (χ2n) is 7.03. The molecule has 1 aromatic carbocycles. The minimum atomic E-state index is -0.0954. The van der Waals surface area contributed by atoms with Crippen LogP contribution in [0.5, 0.6) is 0 Å². The number of anilines is 1. The molecule has 0 radical (unpaired) electrons. The quantitative estimate of drug-likeness (QED) is 0.738. The molecule has 28 heavy (non-hydrogen) atoms. The monoisotopic (exact) mass is 383 g/mol. The van der Waals surface area contributed by atoms with E-state index in [2.05, 4.69) is 21.6 Å². The summed E-state index contributed by atoms with van der Waals surface area (Å²) in [6, 6.07) is 10.4. The summed E-state index contributed by atoms with van der Waals surface area (Å²) in [4.78, 5) is 16.2. The van der Waals surface area contributed by atoms with E-state index in [9.17, 15) is 10.1 Å². The number of rotatable bonds is 6. The minimum absolute atomic E-state index is 0.0954. The summed E-state index contributed by atoms with van der Waals surface area (Å²) in [5.74, 6) is 0.665. The summed E-state index contributed by atoms with van der Waals surface area (Å²) in [6.45, 7) is 6.38. The third-order valence-corrected chi connectivity index (χ3v) is 5.15. The molecule has 0 spiro atoms. The predicted molar refractivity (Wildman–Crippen MR) is 109 cm³/mol. The molecule has 2 N–H and O–H groups in total. The molecule has 2 fully saturated rings. The van der Waals surface area contributed by atoms with Gasteiger partial charge in [0.1, 0.15) is 12.7 Å². The van der Waals surface area contributed by atoms with Crippen molar-refractivity contribution in [1.29, 1.82) is 5.26 Å². The van der Waals surface area contributed by atoms with Crippen molar-refractivity contribution in [3.63, 3.8) is 0 Å². The highest BCUT2D eigenvalue weighted by atomic mass is 16.5. The van der Waals surface area contributed by atoms with Gasteiger partial charge in [0.15, 0.2) is 5.88 Å². The van der Waals surface area contributed by atoms with Crippen LogP contribution in [0.2, 0.25) is 0 Å². The van der Waals surface area contributed by atoms with Crippen LogP contribution in [0.4, 0.5) is 10.5 Å². The molecule has 3 rings (SSSR count). The number of urea groups is 1. The molecule has 1 aromatic rings. The number of piperidine rings is 1. The van der Waals surface area contributed by atoms with E-state index in [-0.39, 0.29) is 6.03 Å². The second-order valence-corrected chi connectivity index (χ2v) is 7.03. The number of nitrogens with zero attached hydrogens (tertiary/aromatic N) is 3. The molecule has 0 aliphatic carbocycles. The molecule has 0 atom stereocenters. The smallest absolute Gasteiger partial charge is 0.324 e. The Bertz CT molecular complexity index is 735. The van der Waals surface area contributed by atoms with E-state index in [1.807, 2.05) is 37.3 Å². The Morgan fingerprint density at radius 2 is 2.07 bits per heavy atom. The first kappa shape index (κ1) is 20.0. The van der Waals surface area contributed by atoms with Crippen LogP contribution in [0.1, 0.15) is 31.7 Å². The highest BCUT2D eigenvalue weighted by molar-refractivity contribution is 5.76. The second kappa shape index (κ2) is 10.00. The van der Waals surface area contributed by atoms with Crippen molar-refractivity contribution in [2.75, 3.05) is 44.2 Å². The van der Waals surface area contributed by atoms with Gasteiger partial charge in [0, 0.05) is 32.2 Å². The summed E-state index contributed by atoms with van der Waals surface area (Å²) >= 11 is 0. The van der Waals surface area contributed by atoms with Gasteiger partial charge in [-0.05, 0) is 37.5 Å². The van der Waals surface area contributed by atoms with Crippen LogP contribution in [-0.2, 0) is 4.74 Å². The van der Waals surface area contributed by atoms with Gasteiger partial charge in [-0.25, -0.2) is 4.79 Å². The molecular weight excluding hydrogens is 354 g/mol. The number of benzene rings is 1. The fourth-order valence-electron chi connectivity index (χ4n) is 3.68. The Hall–Kier alpha value is -2.72. The van der Waals surface area contributed by atoms with Crippen molar-refractivity contribution < 1.29 is 9.53 Å². The fraction of sp³-hybridized carbons (Fsp3) is 0.524. The number of ether oxygens (including phenoxy) is 1. The first-order valence-corrected chi connectivity index (χ1v) is 10.1. The third-order valence-electron chi connectivity index (χ3n) is 5.15. The number of carbonyl (C=O) groups excluding carboxylic acids is 1. The van der Waals surface area contributed by atoms with Crippen molar-refractivity contribution in [3.05, 3.63) is 41.8 Å². The number of hydrogen-bond donors (Lipinski definition) is 2. The zero-order valence-electron chi connectivity index (χ0n) is 16.5. The number of amides is 2. The summed E-state index contributed by atoms with van der Waals surface area (Å²) in [5, 5.41) is 15.8. The van der Waals surface area contributed by atoms with Crippen molar-refractivity contribution in [2.24, 2.45) is 0 Å². The minimum Gasteiger partial charge on any atom is -0.477 e. The molecule has 2 amide bonds. The largest absolute Gasteiger partial charge is 0.477 e. The first-order chi connectivity index (χ1) is 13.7. The third kappa shape index (κ3) is 4.96. The van der Waals surface area contributed by atoms with Crippen LogP contribution in [0.3, 0.4) is 0 Å². The SMILES string of the molecule is CC/C=C1/OCCN1C(=O)NCCNC1CCN(c2ccccc2C#N)CC1. The van der Waals surface area contributed by atoms with Crippen molar-refractivity contribution in [3.8, 4) is 6.07 Å². The van der Waals surface area contributed by atoms with Gasteiger partial charge >= 0.3 is 6.03 Å². The lowest BCUT2D eigenvalue weighted by Gasteiger charge is -2.34. The Morgan fingerprint density at radius 1 is 1.29 bits per heavy atom. The summed E-state index contributed by atoms with van der Waals surface area (Å²) < 4.78 is 5.48. The first-order valence-electron chi connectivity index (χ1n) is 10.1. The molecule has 150 valence electrons. The van der Waals surface area contributed by atoms with Gasteiger partial charge in [-0.15, -0.1) is 0 Å². The Kier molecular flexibility index (Phi) is 7.15. The molecule has 2 saturated heterocycles. The fourth-order valence-corrected chi connectivity index (χ4v) is 3.68. The van der Waals surface area contributed by atoms with E-state index >= 15 is 0 Å². The number of hydrogen-bond acceptors (Lipinski definition) is 5. The Morgan fingerprint density at radius 3 is 2.82 bits per heavy atom. The lowest BCUT2D eigenvalue weighted by molar-refractivity contribution is 0.201. The van der Waals surface area contributed by atoms with E-state index in [1.165, 1.54) is 0 Å². The molecule has 2 aliphatic heterocycles. The number of nitrogens with one attached hydrogen (secondary N) is 2. The average molecular weight is 383 g/mol. The van der Waals surface area contributed by atoms with Crippen molar-refractivity contribution in [2.45, 2.75) is 32.2 Å². The Labute approximate surface area is 166 Å². The maximum absolute atomic E-state index is 12.3. The van der Waals surface area contributed by atoms with E-state index < -0.39 is 0 Å². The molecule has 2 heterocycles. The summed E-state index contributed by atoms with van der Waals surface area (Å²) in [6.07, 6.45) is 4.83. The molecule has 7 nitrogen and oxygen atoms in total.